The maximum absolute atomic E-state index is 13.1. The lowest BCUT2D eigenvalue weighted by Crippen LogP contribution is -2.51. The van der Waals surface area contributed by atoms with E-state index in [-0.39, 0.29) is 17.7 Å². The summed E-state index contributed by atoms with van der Waals surface area (Å²) in [6, 6.07) is 19.1. The van der Waals surface area contributed by atoms with Crippen molar-refractivity contribution in [2.75, 3.05) is 20.3 Å². The van der Waals surface area contributed by atoms with Gasteiger partial charge in [0.1, 0.15) is 6.04 Å². The lowest BCUT2D eigenvalue weighted by Gasteiger charge is -2.32. The zero-order valence-electron chi connectivity index (χ0n) is 17.6. The van der Waals surface area contributed by atoms with E-state index in [1.807, 2.05) is 74.5 Å². The number of amides is 2. The van der Waals surface area contributed by atoms with Crippen molar-refractivity contribution in [2.45, 2.75) is 39.3 Å². The molecule has 0 heterocycles. The molecule has 1 N–H and O–H groups in total. The Morgan fingerprint density at radius 3 is 2.10 bits per heavy atom. The molecule has 0 spiro atoms. The summed E-state index contributed by atoms with van der Waals surface area (Å²) < 4.78 is 5.06. The van der Waals surface area contributed by atoms with E-state index < -0.39 is 6.04 Å². The van der Waals surface area contributed by atoms with E-state index in [1.54, 1.807) is 12.0 Å². The van der Waals surface area contributed by atoms with E-state index in [4.69, 9.17) is 4.74 Å². The molecule has 1 atom stereocenters. The fraction of sp³-hybridized carbons (Fsp3) is 0.417. The zero-order chi connectivity index (χ0) is 21.1. The van der Waals surface area contributed by atoms with E-state index >= 15 is 0 Å². The highest BCUT2D eigenvalue weighted by Gasteiger charge is 2.31. The van der Waals surface area contributed by atoms with Gasteiger partial charge in [0.05, 0.1) is 0 Å². The topological polar surface area (TPSA) is 58.6 Å². The summed E-state index contributed by atoms with van der Waals surface area (Å²) in [7, 11) is 1.64. The number of nitrogens with zero attached hydrogens (tertiary/aromatic N) is 1. The maximum Gasteiger partial charge on any atom is 0.243 e. The molecule has 0 aliphatic rings. The van der Waals surface area contributed by atoms with Crippen LogP contribution in [0.5, 0.6) is 0 Å². The first-order chi connectivity index (χ1) is 14.0. The van der Waals surface area contributed by atoms with E-state index in [0.717, 1.165) is 17.5 Å². The second-order valence-electron chi connectivity index (χ2n) is 7.45. The highest BCUT2D eigenvalue weighted by Crippen LogP contribution is 2.17. The molecule has 0 aliphatic carbocycles. The Morgan fingerprint density at radius 2 is 1.55 bits per heavy atom. The van der Waals surface area contributed by atoms with Gasteiger partial charge in [0, 0.05) is 39.1 Å². The van der Waals surface area contributed by atoms with Crippen LogP contribution in [0.3, 0.4) is 0 Å². The van der Waals surface area contributed by atoms with Crippen LogP contribution in [0.15, 0.2) is 60.7 Å². The molecule has 2 aromatic rings. The number of carbonyl (C=O) groups is 2. The van der Waals surface area contributed by atoms with E-state index in [2.05, 4.69) is 5.32 Å². The number of hydrogen-bond acceptors (Lipinski definition) is 3. The molecule has 2 rings (SSSR count). The van der Waals surface area contributed by atoms with Crippen molar-refractivity contribution < 1.29 is 14.3 Å². The normalized spacial score (nSPS) is 11.9. The van der Waals surface area contributed by atoms with Crippen LogP contribution >= 0.6 is 0 Å². The molecule has 5 heteroatoms. The molecule has 0 radical (unpaired) electrons. The smallest absolute Gasteiger partial charge is 0.243 e. The predicted octanol–water partition coefficient (Wildman–Crippen LogP) is 3.44. The van der Waals surface area contributed by atoms with E-state index in [0.29, 0.717) is 26.1 Å². The van der Waals surface area contributed by atoms with E-state index in [9.17, 15) is 9.59 Å². The Morgan fingerprint density at radius 1 is 0.966 bits per heavy atom. The summed E-state index contributed by atoms with van der Waals surface area (Å²) in [5.74, 6) is -0.352. The van der Waals surface area contributed by atoms with Gasteiger partial charge in [0.15, 0.2) is 0 Å². The predicted molar refractivity (Wildman–Crippen MR) is 115 cm³/mol. The van der Waals surface area contributed by atoms with Crippen molar-refractivity contribution in [2.24, 2.45) is 5.92 Å². The number of rotatable bonds is 11. The van der Waals surface area contributed by atoms with Gasteiger partial charge >= 0.3 is 0 Å². The monoisotopic (exact) mass is 396 g/mol. The quantitative estimate of drug-likeness (QED) is 0.592. The summed E-state index contributed by atoms with van der Waals surface area (Å²) in [5.41, 5.74) is 2.03. The summed E-state index contributed by atoms with van der Waals surface area (Å²) in [6.45, 7) is 5.25. The molecule has 0 aliphatic heterocycles. The molecular formula is C24H32N2O3. The minimum atomic E-state index is -0.574. The molecule has 0 bridgehead atoms. The molecule has 0 aromatic heterocycles. The van der Waals surface area contributed by atoms with Crippen LogP contribution < -0.4 is 5.32 Å². The second kappa shape index (κ2) is 12.0. The summed E-state index contributed by atoms with van der Waals surface area (Å²) >= 11 is 0. The largest absolute Gasteiger partial charge is 0.385 e. The summed E-state index contributed by atoms with van der Waals surface area (Å²) in [6.07, 6.45) is 1.21. The van der Waals surface area contributed by atoms with Gasteiger partial charge in [-0.2, -0.15) is 0 Å². The lowest BCUT2D eigenvalue weighted by atomic mass is 10.0. The average Bonchev–Trinajstić information content (AvgIpc) is 2.74. The number of nitrogens with one attached hydrogen (secondary N) is 1. The van der Waals surface area contributed by atoms with Gasteiger partial charge in [-0.15, -0.1) is 0 Å². The third kappa shape index (κ3) is 7.35. The van der Waals surface area contributed by atoms with Gasteiger partial charge in [-0.25, -0.2) is 0 Å². The van der Waals surface area contributed by atoms with Gasteiger partial charge < -0.3 is 15.0 Å². The molecule has 29 heavy (non-hydrogen) atoms. The number of ether oxygens (including phenoxy) is 1. The van der Waals surface area contributed by atoms with Crippen LogP contribution in [0.2, 0.25) is 0 Å². The Kier molecular flexibility index (Phi) is 9.38. The molecule has 2 aromatic carbocycles. The third-order valence-corrected chi connectivity index (χ3v) is 4.75. The standard InChI is InChI=1S/C24H32N2O3/c1-19(2)24(28)26(18-21-13-8-5-9-14-21)22(17-20-11-6-4-7-12-20)23(27)25-15-10-16-29-3/h4-9,11-14,19,22H,10,15-18H2,1-3H3,(H,25,27)/t22-/m0/s1. The van der Waals surface area contributed by atoms with Gasteiger partial charge in [-0.3, -0.25) is 9.59 Å². The average molecular weight is 397 g/mol. The first kappa shape index (κ1) is 22.6. The molecule has 2 amide bonds. The molecule has 156 valence electrons. The molecule has 0 saturated carbocycles. The minimum Gasteiger partial charge on any atom is -0.385 e. The molecule has 0 unspecified atom stereocenters. The van der Waals surface area contributed by atoms with Crippen molar-refractivity contribution in [3.05, 3.63) is 71.8 Å². The van der Waals surface area contributed by atoms with Crippen molar-refractivity contribution in [3.8, 4) is 0 Å². The van der Waals surface area contributed by atoms with Crippen LogP contribution in [0, 0.1) is 5.92 Å². The van der Waals surface area contributed by atoms with Crippen LogP contribution in [-0.2, 0) is 27.3 Å². The van der Waals surface area contributed by atoms with Gasteiger partial charge in [0.25, 0.3) is 0 Å². The minimum absolute atomic E-state index is 0.0261. The van der Waals surface area contributed by atoms with Crippen LogP contribution in [0.25, 0.3) is 0 Å². The SMILES string of the molecule is COCCCNC(=O)[C@H](Cc1ccccc1)N(Cc1ccccc1)C(=O)C(C)C. The fourth-order valence-corrected chi connectivity index (χ4v) is 3.18. The van der Waals surface area contributed by atoms with Crippen molar-refractivity contribution in [3.63, 3.8) is 0 Å². The Bertz CT molecular complexity index is 747. The Labute approximate surface area is 174 Å². The van der Waals surface area contributed by atoms with Crippen LogP contribution in [-0.4, -0.2) is 43.0 Å². The van der Waals surface area contributed by atoms with Crippen molar-refractivity contribution in [1.82, 2.24) is 10.2 Å². The summed E-state index contributed by atoms with van der Waals surface area (Å²) in [4.78, 5) is 27.9. The molecule has 5 nitrogen and oxygen atoms in total. The van der Waals surface area contributed by atoms with Gasteiger partial charge in [0.2, 0.25) is 11.8 Å². The van der Waals surface area contributed by atoms with Crippen molar-refractivity contribution in [1.29, 1.82) is 0 Å². The fourth-order valence-electron chi connectivity index (χ4n) is 3.18. The van der Waals surface area contributed by atoms with Crippen molar-refractivity contribution >= 4 is 11.8 Å². The van der Waals surface area contributed by atoms with Crippen LogP contribution in [0.1, 0.15) is 31.4 Å². The van der Waals surface area contributed by atoms with Gasteiger partial charge in [-0.1, -0.05) is 74.5 Å². The number of hydrogen-bond donors (Lipinski definition) is 1. The zero-order valence-corrected chi connectivity index (χ0v) is 17.6. The molecule has 0 fully saturated rings. The maximum atomic E-state index is 13.1. The first-order valence-corrected chi connectivity index (χ1v) is 10.2. The third-order valence-electron chi connectivity index (χ3n) is 4.75. The second-order valence-corrected chi connectivity index (χ2v) is 7.45. The lowest BCUT2D eigenvalue weighted by molar-refractivity contribution is -0.143. The Hall–Kier alpha value is -2.66. The molecular weight excluding hydrogens is 364 g/mol. The van der Waals surface area contributed by atoms with Gasteiger partial charge in [-0.05, 0) is 17.5 Å². The molecule has 0 saturated heterocycles. The van der Waals surface area contributed by atoms with Crippen LogP contribution in [0.4, 0.5) is 0 Å². The van der Waals surface area contributed by atoms with E-state index in [1.165, 1.54) is 0 Å². The first-order valence-electron chi connectivity index (χ1n) is 10.2. The number of methoxy groups -OCH3 is 1. The highest BCUT2D eigenvalue weighted by molar-refractivity contribution is 5.88. The summed E-state index contributed by atoms with van der Waals surface area (Å²) in [5, 5.41) is 2.99. The highest BCUT2D eigenvalue weighted by atomic mass is 16.5. The number of carbonyl (C=O) groups excluding carboxylic acids is 2. The number of benzene rings is 2. The Balaban J connectivity index is 2.28.